The maximum atomic E-state index is 0. The summed E-state index contributed by atoms with van der Waals surface area (Å²) in [5, 5.41) is 0. The molecule has 0 saturated carbocycles. The average Bonchev–Trinajstić information content (AvgIpc) is 0. The van der Waals surface area contributed by atoms with Crippen molar-refractivity contribution in [1.29, 1.82) is 0 Å². The molecule has 0 aromatic rings. The Hall–Kier alpha value is 2.97. The van der Waals surface area contributed by atoms with Gasteiger partial charge in [0.1, 0.15) is 0 Å². The summed E-state index contributed by atoms with van der Waals surface area (Å²) >= 11 is 0. The summed E-state index contributed by atoms with van der Waals surface area (Å²) in [6, 6.07) is 0. The van der Waals surface area contributed by atoms with Crippen molar-refractivity contribution in [1.82, 2.24) is 0 Å². The fourth-order valence-corrected chi connectivity index (χ4v) is 0. The molecule has 0 nitrogen and oxygen atoms in total. The molecule has 0 fully saturated rings. The molecule has 0 radical (unpaired) electrons. The van der Waals surface area contributed by atoms with Gasteiger partial charge in [0.2, 0.25) is 0 Å². The van der Waals surface area contributed by atoms with Gasteiger partial charge in [0, 0.05) is 31.1 Å². The largest absolute Gasteiger partial charge is 0.114 e. The third kappa shape index (κ3) is 19.5. The Morgan fingerprint density at radius 1 is 0.400 bits per heavy atom. The van der Waals surface area contributed by atoms with Crippen LogP contribution in [0.3, 0.4) is 0 Å². The molecular weight excluding hydrogens is 558 g/mol. The van der Waals surface area contributed by atoms with Gasteiger partial charge in [-0.1, -0.05) is 0 Å². The van der Waals surface area contributed by atoms with E-state index in [9.17, 15) is 0 Å². The van der Waals surface area contributed by atoms with Gasteiger partial charge in [-0.3, -0.25) is 0 Å². The minimum Gasteiger partial charge on any atom is -0.114 e. The third-order valence-corrected chi connectivity index (χ3v) is 0. The first-order valence-electron chi connectivity index (χ1n) is 0. The van der Waals surface area contributed by atoms with Crippen LogP contribution in [-0.4, -0.2) is 0 Å². The molecule has 0 heterocycles. The Labute approximate surface area is 97.3 Å². The molecule has 0 aromatic carbocycles. The van der Waals surface area contributed by atoms with E-state index >= 15 is 0 Å². The molecule has 0 spiro atoms. The maximum absolute atomic E-state index is 0. The summed E-state index contributed by atoms with van der Waals surface area (Å²) < 4.78 is 0. The van der Waals surface area contributed by atoms with Crippen molar-refractivity contribution in [3.63, 3.8) is 0 Å². The normalized spacial score (nSPS) is 0. The predicted octanol–water partition coefficient (Wildman–Crippen LogP) is 2.31. The molecule has 0 aliphatic heterocycles. The van der Waals surface area contributed by atoms with E-state index in [4.69, 9.17) is 0 Å². The first-order chi connectivity index (χ1) is 0. The Bertz CT molecular complexity index is 3.61. The zero-order valence-corrected chi connectivity index (χ0v) is 13.1. The zero-order chi connectivity index (χ0) is 0. The van der Waals surface area contributed by atoms with Gasteiger partial charge in [0.05, 0.1) is 0 Å². The van der Waals surface area contributed by atoms with Crippen LogP contribution in [0.15, 0.2) is 0 Å². The van der Waals surface area contributed by atoms with Crippen LogP contribution in [0.1, 0.15) is 0 Å². The second-order valence-corrected chi connectivity index (χ2v) is 0. The Balaban J connectivity index is 0. The molecular formula is H4Br4U. The second-order valence-electron chi connectivity index (χ2n) is 0. The van der Waals surface area contributed by atoms with Gasteiger partial charge in [-0.2, -0.15) is 0 Å². The maximum Gasteiger partial charge on any atom is 0 e. The van der Waals surface area contributed by atoms with Crippen molar-refractivity contribution in [2.75, 3.05) is 0 Å². The Morgan fingerprint density at radius 3 is 0.400 bits per heavy atom. The van der Waals surface area contributed by atoms with Crippen LogP contribution >= 0.6 is 67.9 Å². The van der Waals surface area contributed by atoms with Gasteiger partial charge in [0.15, 0.2) is 0 Å². The molecule has 0 unspecified atom stereocenters. The molecule has 0 aromatic heterocycles. The minimum absolute atomic E-state index is 0. The molecule has 0 aliphatic rings. The van der Waals surface area contributed by atoms with E-state index in [1.54, 1.807) is 0 Å². The topological polar surface area (TPSA) is 0 Å². The molecule has 5 heteroatoms. The van der Waals surface area contributed by atoms with Crippen LogP contribution < -0.4 is 0 Å². The summed E-state index contributed by atoms with van der Waals surface area (Å²) in [6.45, 7) is 0. The van der Waals surface area contributed by atoms with Crippen molar-refractivity contribution >= 4 is 67.9 Å². The quantitative estimate of drug-likeness (QED) is 0.426. The molecule has 36 valence electrons. The van der Waals surface area contributed by atoms with E-state index in [0.29, 0.717) is 0 Å². The van der Waals surface area contributed by atoms with Crippen LogP contribution in [0.2, 0.25) is 0 Å². The number of hydrogen-bond donors (Lipinski definition) is 0. The Morgan fingerprint density at radius 2 is 0.400 bits per heavy atom. The first kappa shape index (κ1) is 43.9. The van der Waals surface area contributed by atoms with E-state index in [1.165, 1.54) is 0 Å². The monoisotopic (exact) mass is 558 g/mol. The minimum atomic E-state index is 0. The van der Waals surface area contributed by atoms with E-state index in [1.807, 2.05) is 0 Å². The fourth-order valence-electron chi connectivity index (χ4n) is 0. The van der Waals surface area contributed by atoms with Gasteiger partial charge in [-0.15, -0.1) is 67.9 Å². The summed E-state index contributed by atoms with van der Waals surface area (Å²) in [7, 11) is 0. The molecule has 0 N–H and O–H groups in total. The average molecular weight is 562 g/mol. The smallest absolute Gasteiger partial charge is 0 e. The summed E-state index contributed by atoms with van der Waals surface area (Å²) in [5.41, 5.74) is 0. The van der Waals surface area contributed by atoms with Gasteiger partial charge < -0.3 is 0 Å². The van der Waals surface area contributed by atoms with Crippen LogP contribution in [-0.2, 0) is 0 Å². The second kappa shape index (κ2) is 28.2. The summed E-state index contributed by atoms with van der Waals surface area (Å²) in [5.74, 6) is 0. The fraction of sp³-hybridized carbons (Fsp3) is 0. The standard InChI is InChI=1S/4BrH.U/h4*1H;. The summed E-state index contributed by atoms with van der Waals surface area (Å²) in [4.78, 5) is 0. The van der Waals surface area contributed by atoms with Crippen molar-refractivity contribution in [3.8, 4) is 0 Å². The first-order valence-corrected chi connectivity index (χ1v) is 0. The van der Waals surface area contributed by atoms with Crippen molar-refractivity contribution < 1.29 is 31.1 Å². The molecule has 0 aliphatic carbocycles. The van der Waals surface area contributed by atoms with E-state index in [0.717, 1.165) is 0 Å². The van der Waals surface area contributed by atoms with E-state index in [-0.39, 0.29) is 99.0 Å². The van der Waals surface area contributed by atoms with E-state index in [2.05, 4.69) is 0 Å². The van der Waals surface area contributed by atoms with Crippen LogP contribution in [0, 0.1) is 31.1 Å². The van der Waals surface area contributed by atoms with Crippen molar-refractivity contribution in [2.24, 2.45) is 0 Å². The van der Waals surface area contributed by atoms with Gasteiger partial charge in [0.25, 0.3) is 0 Å². The molecule has 0 rings (SSSR count). The Kier molecular flexibility index (Phi) is 247. The van der Waals surface area contributed by atoms with E-state index < -0.39 is 0 Å². The van der Waals surface area contributed by atoms with Gasteiger partial charge >= 0.3 is 0 Å². The van der Waals surface area contributed by atoms with Crippen LogP contribution in [0.25, 0.3) is 0 Å². The van der Waals surface area contributed by atoms with Crippen molar-refractivity contribution in [2.45, 2.75) is 0 Å². The number of halogens is 4. The number of rotatable bonds is 0. The molecule has 0 saturated heterocycles. The van der Waals surface area contributed by atoms with Gasteiger partial charge in [-0.25, -0.2) is 0 Å². The molecule has 0 amide bonds. The van der Waals surface area contributed by atoms with Gasteiger partial charge in [-0.05, 0) is 0 Å². The summed E-state index contributed by atoms with van der Waals surface area (Å²) in [6.07, 6.45) is 0. The third-order valence-electron chi connectivity index (χ3n) is 0. The SMILES string of the molecule is Br.Br.Br.Br.[U]. The molecule has 5 heavy (non-hydrogen) atoms. The van der Waals surface area contributed by atoms with Crippen LogP contribution in [0.4, 0.5) is 0 Å². The van der Waals surface area contributed by atoms with Crippen molar-refractivity contribution in [3.05, 3.63) is 0 Å². The molecule has 0 atom stereocenters. The zero-order valence-electron chi connectivity index (χ0n) is 2.13. The predicted molar refractivity (Wildman–Crippen MR) is 41.3 cm³/mol. The number of hydrogen-bond acceptors (Lipinski definition) is 0. The molecule has 0 bridgehead atoms. The van der Waals surface area contributed by atoms with Crippen LogP contribution in [0.5, 0.6) is 0 Å².